The van der Waals surface area contributed by atoms with Gasteiger partial charge in [0.05, 0.1) is 6.04 Å². The highest BCUT2D eigenvalue weighted by atomic mass is 16.5. The Balaban J connectivity index is 2.13. The van der Waals surface area contributed by atoms with Crippen LogP contribution in [0.15, 0.2) is 29.5 Å². The zero-order chi connectivity index (χ0) is 9.10. The van der Waals surface area contributed by atoms with E-state index in [1.165, 1.54) is 0 Å². The molecule has 1 aromatic rings. The molecular weight excluding hydrogens is 166 g/mol. The number of hydrogen-bond donors (Lipinski definition) is 1. The Labute approximate surface area is 76.7 Å². The van der Waals surface area contributed by atoms with Crippen molar-refractivity contribution in [2.45, 2.75) is 6.04 Å². The zero-order valence-electron chi connectivity index (χ0n) is 7.40. The first-order valence-corrected chi connectivity index (χ1v) is 4.16. The predicted octanol–water partition coefficient (Wildman–Crippen LogP) is 0.728. The summed E-state index contributed by atoms with van der Waals surface area (Å²) in [5.41, 5.74) is 1.13. The van der Waals surface area contributed by atoms with Gasteiger partial charge < -0.3 is 10.1 Å². The Morgan fingerprint density at radius 2 is 2.62 bits per heavy atom. The Morgan fingerprint density at radius 3 is 3.23 bits per heavy atom. The minimum absolute atomic E-state index is 0.187. The largest absolute Gasteiger partial charge is 0.463 e. The molecule has 1 aliphatic heterocycles. The van der Waals surface area contributed by atoms with Gasteiger partial charge in [0, 0.05) is 19.4 Å². The normalized spacial score (nSPS) is 24.1. The Bertz CT molecular complexity index is 310. The fourth-order valence-corrected chi connectivity index (χ4v) is 1.29. The summed E-state index contributed by atoms with van der Waals surface area (Å²) >= 11 is 0. The van der Waals surface area contributed by atoms with Crippen molar-refractivity contribution in [3.63, 3.8) is 0 Å². The van der Waals surface area contributed by atoms with E-state index in [2.05, 4.69) is 15.3 Å². The van der Waals surface area contributed by atoms with E-state index in [1.807, 2.05) is 18.3 Å². The molecule has 1 atom stereocenters. The molecule has 0 radical (unpaired) electrons. The molecule has 4 nitrogen and oxygen atoms in total. The second kappa shape index (κ2) is 3.43. The molecule has 1 unspecified atom stereocenters. The second-order valence-electron chi connectivity index (χ2n) is 2.82. The van der Waals surface area contributed by atoms with Gasteiger partial charge in [0.1, 0.15) is 6.61 Å². The van der Waals surface area contributed by atoms with Gasteiger partial charge in [-0.05, 0) is 11.6 Å². The third-order valence-corrected chi connectivity index (χ3v) is 1.97. The molecule has 2 heterocycles. The summed E-state index contributed by atoms with van der Waals surface area (Å²) in [5.74, 6) is 0. The van der Waals surface area contributed by atoms with Crippen LogP contribution in [0, 0.1) is 0 Å². The lowest BCUT2D eigenvalue weighted by molar-refractivity contribution is 0.327. The highest BCUT2D eigenvalue weighted by Crippen LogP contribution is 2.16. The number of pyridine rings is 1. The van der Waals surface area contributed by atoms with E-state index in [9.17, 15) is 0 Å². The molecule has 1 aromatic heterocycles. The van der Waals surface area contributed by atoms with Gasteiger partial charge in [-0.2, -0.15) is 0 Å². The first-order valence-electron chi connectivity index (χ1n) is 4.16. The van der Waals surface area contributed by atoms with Gasteiger partial charge in [-0.1, -0.05) is 6.07 Å². The average molecular weight is 177 g/mol. The predicted molar refractivity (Wildman–Crippen MR) is 49.4 cm³/mol. The topological polar surface area (TPSA) is 46.5 Å². The van der Waals surface area contributed by atoms with Crippen LogP contribution in [0.3, 0.4) is 0 Å². The van der Waals surface area contributed by atoms with E-state index >= 15 is 0 Å². The minimum Gasteiger partial charge on any atom is -0.463 e. The van der Waals surface area contributed by atoms with Gasteiger partial charge in [-0.3, -0.25) is 4.98 Å². The maximum Gasteiger partial charge on any atom is 0.285 e. The maximum absolute atomic E-state index is 5.28. The van der Waals surface area contributed by atoms with Crippen LogP contribution in [0.5, 0.6) is 0 Å². The summed E-state index contributed by atoms with van der Waals surface area (Å²) in [6, 6.07) is 4.73. The summed E-state index contributed by atoms with van der Waals surface area (Å²) in [4.78, 5) is 7.97. The standard InChI is InChI=1S/C9H11N3O/c1-10-9-12-8(6-13-9)7-3-2-4-11-5-7/h2-5,8H,6H2,1H3,(H,10,12). The summed E-state index contributed by atoms with van der Waals surface area (Å²) in [7, 11) is 1.70. The molecule has 0 bridgehead atoms. The van der Waals surface area contributed by atoms with Gasteiger partial charge in [0.25, 0.3) is 6.02 Å². The molecule has 1 aliphatic rings. The van der Waals surface area contributed by atoms with Gasteiger partial charge in [0.2, 0.25) is 0 Å². The van der Waals surface area contributed by atoms with Crippen LogP contribution in [-0.4, -0.2) is 24.7 Å². The number of rotatable bonds is 1. The number of ether oxygens (including phenoxy) is 1. The van der Waals surface area contributed by atoms with Crippen molar-refractivity contribution < 1.29 is 4.74 Å². The summed E-state index contributed by atoms with van der Waals surface area (Å²) in [5, 5.41) is 3.14. The molecule has 1 N–H and O–H groups in total. The average Bonchev–Trinajstić information content (AvgIpc) is 2.67. The number of hydrogen-bond acceptors (Lipinski definition) is 3. The first-order chi connectivity index (χ1) is 6.40. The van der Waals surface area contributed by atoms with Crippen molar-refractivity contribution in [2.75, 3.05) is 13.7 Å². The number of nitrogens with one attached hydrogen (secondary N) is 1. The van der Waals surface area contributed by atoms with E-state index in [-0.39, 0.29) is 6.04 Å². The lowest BCUT2D eigenvalue weighted by atomic mass is 10.1. The molecule has 4 heteroatoms. The fourth-order valence-electron chi connectivity index (χ4n) is 1.29. The molecule has 2 rings (SSSR count). The lowest BCUT2D eigenvalue weighted by Gasteiger charge is -2.05. The van der Waals surface area contributed by atoms with Crippen LogP contribution in [0.4, 0.5) is 0 Å². The van der Waals surface area contributed by atoms with Crippen LogP contribution >= 0.6 is 0 Å². The van der Waals surface area contributed by atoms with Crippen LogP contribution in [0.25, 0.3) is 0 Å². The van der Waals surface area contributed by atoms with Crippen molar-refractivity contribution in [1.29, 1.82) is 0 Å². The van der Waals surface area contributed by atoms with E-state index in [1.54, 1.807) is 13.2 Å². The van der Waals surface area contributed by atoms with Gasteiger partial charge in [-0.25, -0.2) is 4.99 Å². The van der Waals surface area contributed by atoms with Crippen LogP contribution < -0.4 is 5.32 Å². The number of nitrogens with zero attached hydrogens (tertiary/aromatic N) is 2. The van der Waals surface area contributed by atoms with E-state index in [0.29, 0.717) is 12.6 Å². The zero-order valence-corrected chi connectivity index (χ0v) is 7.40. The molecule has 0 spiro atoms. The van der Waals surface area contributed by atoms with Crippen LogP contribution in [-0.2, 0) is 4.74 Å². The van der Waals surface area contributed by atoms with Crippen molar-refractivity contribution >= 4 is 6.02 Å². The second-order valence-corrected chi connectivity index (χ2v) is 2.82. The maximum atomic E-state index is 5.28. The van der Waals surface area contributed by atoms with Crippen LogP contribution in [0.2, 0.25) is 0 Å². The van der Waals surface area contributed by atoms with Crippen molar-refractivity contribution in [1.82, 2.24) is 10.3 Å². The molecule has 68 valence electrons. The van der Waals surface area contributed by atoms with Gasteiger partial charge in [0.15, 0.2) is 0 Å². The van der Waals surface area contributed by atoms with Gasteiger partial charge in [-0.15, -0.1) is 0 Å². The minimum atomic E-state index is 0.187. The smallest absolute Gasteiger partial charge is 0.285 e. The Hall–Kier alpha value is -1.58. The summed E-state index contributed by atoms with van der Waals surface area (Å²) in [6.45, 7) is 0.623. The Kier molecular flexibility index (Phi) is 2.12. The highest BCUT2D eigenvalue weighted by molar-refractivity contribution is 5.75. The van der Waals surface area contributed by atoms with E-state index in [4.69, 9.17) is 4.74 Å². The van der Waals surface area contributed by atoms with Crippen molar-refractivity contribution in [3.8, 4) is 0 Å². The van der Waals surface area contributed by atoms with Gasteiger partial charge >= 0.3 is 0 Å². The molecule has 0 aliphatic carbocycles. The molecule has 0 saturated carbocycles. The molecule has 0 aromatic carbocycles. The van der Waals surface area contributed by atoms with Crippen molar-refractivity contribution in [2.24, 2.45) is 4.99 Å². The molecule has 1 saturated heterocycles. The van der Waals surface area contributed by atoms with Crippen LogP contribution in [0.1, 0.15) is 11.6 Å². The fraction of sp³-hybridized carbons (Fsp3) is 0.333. The monoisotopic (exact) mass is 177 g/mol. The van der Waals surface area contributed by atoms with Crippen molar-refractivity contribution in [3.05, 3.63) is 30.1 Å². The molecule has 13 heavy (non-hydrogen) atoms. The van der Waals surface area contributed by atoms with E-state index < -0.39 is 0 Å². The molecule has 1 fully saturated rings. The van der Waals surface area contributed by atoms with E-state index in [0.717, 1.165) is 5.56 Å². The summed E-state index contributed by atoms with van der Waals surface area (Å²) < 4.78 is 5.28. The Morgan fingerprint density at radius 1 is 1.69 bits per heavy atom. The first kappa shape index (κ1) is 8.04. The number of aliphatic imine (C=N–C) groups is 1. The molecule has 0 amide bonds. The quantitative estimate of drug-likeness (QED) is 0.687. The molecular formula is C9H11N3O. The SMILES string of the molecule is CN=C1NC(c2cccnc2)CO1. The third-order valence-electron chi connectivity index (χ3n) is 1.97. The third kappa shape index (κ3) is 1.61. The number of aromatic nitrogens is 1. The number of amidine groups is 1. The highest BCUT2D eigenvalue weighted by Gasteiger charge is 2.21. The lowest BCUT2D eigenvalue weighted by Crippen LogP contribution is -2.19. The summed E-state index contributed by atoms with van der Waals surface area (Å²) in [6.07, 6.45) is 3.59.